The van der Waals surface area contributed by atoms with Crippen molar-refractivity contribution in [1.82, 2.24) is 14.7 Å². The van der Waals surface area contributed by atoms with Crippen LogP contribution in [-0.2, 0) is 57.2 Å². The zero-order valence-electron chi connectivity index (χ0n) is 82.2. The first-order chi connectivity index (χ1) is 59.9. The van der Waals surface area contributed by atoms with Crippen molar-refractivity contribution in [2.45, 2.75) is 518 Å². The maximum atomic E-state index is 13.4. The first kappa shape index (κ1) is 119. The van der Waals surface area contributed by atoms with Crippen LogP contribution >= 0.6 is 0 Å². The second-order valence-corrected chi connectivity index (χ2v) is 37.0. The van der Waals surface area contributed by atoms with Crippen molar-refractivity contribution in [2.24, 2.45) is 23.7 Å². The van der Waals surface area contributed by atoms with Crippen molar-refractivity contribution in [3.05, 3.63) is 0 Å². The Labute approximate surface area is 755 Å². The van der Waals surface area contributed by atoms with Gasteiger partial charge in [0.25, 0.3) is 0 Å². The maximum Gasteiger partial charge on any atom is 0.308 e. The van der Waals surface area contributed by atoms with E-state index in [2.05, 4.69) is 70.1 Å². The minimum absolute atomic E-state index is 0.0198. The molecule has 0 aromatic carbocycles. The number of hydrogen-bond acceptors (Lipinski definition) is 16. The number of carbonyl (C=O) groups excluding carboxylic acids is 6. The molecule has 0 aromatic heterocycles. The van der Waals surface area contributed by atoms with Crippen molar-refractivity contribution in [3.8, 4) is 0 Å². The van der Waals surface area contributed by atoms with Crippen LogP contribution in [0.4, 0.5) is 0 Å². The van der Waals surface area contributed by atoms with E-state index in [9.17, 15) is 33.9 Å². The van der Waals surface area contributed by atoms with E-state index < -0.39 is 0 Å². The zero-order chi connectivity index (χ0) is 89.0. The van der Waals surface area contributed by atoms with E-state index in [0.29, 0.717) is 65.7 Å². The van der Waals surface area contributed by atoms with E-state index in [0.717, 1.165) is 277 Å². The third-order valence-corrected chi connectivity index (χ3v) is 25.4. The van der Waals surface area contributed by atoms with Crippen LogP contribution in [0, 0.1) is 23.7 Å². The van der Waals surface area contributed by atoms with Gasteiger partial charge in [0.05, 0.1) is 76.2 Å². The molecule has 0 rings (SSSR count). The highest BCUT2D eigenvalue weighted by Crippen LogP contribution is 2.27. The molecule has 0 aromatic rings. The highest BCUT2D eigenvalue weighted by atomic mass is 16.6. The number of rotatable bonds is 100. The van der Waals surface area contributed by atoms with Gasteiger partial charge in [-0.2, -0.15) is 0 Å². The monoisotopic (exact) mass is 1730 g/mol. The van der Waals surface area contributed by atoms with Crippen LogP contribution in [0.25, 0.3) is 0 Å². The van der Waals surface area contributed by atoms with Gasteiger partial charge in [-0.15, -0.1) is 0 Å². The summed E-state index contributed by atoms with van der Waals surface area (Å²) in [5, 5.41) is 9.65. The largest absolute Gasteiger partial charge is 0.466 e. The van der Waals surface area contributed by atoms with E-state index >= 15 is 0 Å². The molecule has 0 aliphatic carbocycles. The lowest BCUT2D eigenvalue weighted by Gasteiger charge is -2.23. The Hall–Kier alpha value is -3.34. The fourth-order valence-electron chi connectivity index (χ4n) is 17.1. The molecule has 0 aliphatic heterocycles. The van der Waals surface area contributed by atoms with Crippen molar-refractivity contribution in [2.75, 3.05) is 105 Å². The first-order valence-corrected chi connectivity index (χ1v) is 53.6. The summed E-state index contributed by atoms with van der Waals surface area (Å²) < 4.78 is 35.5. The Balaban J connectivity index is 5.63. The number of nitrogens with zero attached hydrogens (tertiary/aromatic N) is 3. The van der Waals surface area contributed by atoms with Crippen LogP contribution in [0.15, 0.2) is 0 Å². The molecule has 16 nitrogen and oxygen atoms in total. The number of ether oxygens (including phenoxy) is 6. The molecule has 122 heavy (non-hydrogen) atoms. The van der Waals surface area contributed by atoms with E-state index in [1.807, 2.05) is 0 Å². The van der Waals surface area contributed by atoms with Crippen LogP contribution in [0.2, 0.25) is 0 Å². The number of esters is 6. The highest BCUT2D eigenvalue weighted by Gasteiger charge is 2.24. The van der Waals surface area contributed by atoms with Gasteiger partial charge in [-0.1, -0.05) is 364 Å². The van der Waals surface area contributed by atoms with Crippen LogP contribution in [0.3, 0.4) is 0 Å². The minimum atomic E-state index is -0.232. The van der Waals surface area contributed by atoms with Gasteiger partial charge < -0.3 is 48.2 Å². The van der Waals surface area contributed by atoms with Gasteiger partial charge in [0, 0.05) is 19.7 Å². The molecule has 722 valence electrons. The number of unbranched alkanes of at least 4 members (excludes halogenated alkanes) is 47. The Bertz CT molecular complexity index is 1980. The van der Waals surface area contributed by atoms with E-state index in [4.69, 9.17) is 28.4 Å². The van der Waals surface area contributed by atoms with Crippen molar-refractivity contribution >= 4 is 35.8 Å². The molecule has 0 amide bonds. The summed E-state index contributed by atoms with van der Waals surface area (Å²) in [5.41, 5.74) is 0. The second kappa shape index (κ2) is 95.2. The molecule has 0 fully saturated rings. The maximum absolute atomic E-state index is 13.4. The molecule has 0 radical (unpaired) electrons. The molecule has 0 saturated heterocycles. The predicted molar refractivity (Wildman–Crippen MR) is 514 cm³/mol. The predicted octanol–water partition coefficient (Wildman–Crippen LogP) is 28.9. The summed E-state index contributed by atoms with van der Waals surface area (Å²) >= 11 is 0. The van der Waals surface area contributed by atoms with Crippen molar-refractivity contribution in [1.29, 1.82) is 0 Å². The fourth-order valence-corrected chi connectivity index (χ4v) is 17.1. The van der Waals surface area contributed by atoms with Gasteiger partial charge >= 0.3 is 35.8 Å². The zero-order valence-corrected chi connectivity index (χ0v) is 82.2. The quantitative estimate of drug-likeness (QED) is 0.0344. The number of aliphatic hydroxyl groups excluding tert-OH is 1. The highest BCUT2D eigenvalue weighted by molar-refractivity contribution is 5.74. The van der Waals surface area contributed by atoms with E-state index in [1.54, 1.807) is 0 Å². The van der Waals surface area contributed by atoms with Crippen LogP contribution in [-0.4, -0.2) is 161 Å². The molecule has 4 atom stereocenters. The lowest BCUT2D eigenvalue weighted by atomic mass is 9.94. The minimum Gasteiger partial charge on any atom is -0.466 e. The SMILES string of the molecule is CCCCCCCCC(CCCCCC)C(=O)OCCCCCCN(CCCCCCOC(=O)C(CCCCCC)CCCCCCCC)CCCCOC(=O)CCN(CCCCO)CCC(=O)OCCCCN(CCCCCCOC(=O)C(CCCCCC)CCCCCCCC)CCCCCCOC(=O)C(CCCCCC)CCCCCCCC. The Morgan fingerprint density at radius 3 is 0.566 bits per heavy atom. The first-order valence-electron chi connectivity index (χ1n) is 53.6. The molecule has 0 saturated carbocycles. The summed E-state index contributed by atoms with van der Waals surface area (Å²) in [6, 6.07) is 0. The van der Waals surface area contributed by atoms with Gasteiger partial charge in [-0.25, -0.2) is 0 Å². The topological polar surface area (TPSA) is 188 Å². The lowest BCUT2D eigenvalue weighted by molar-refractivity contribution is -0.150. The Morgan fingerprint density at radius 1 is 0.189 bits per heavy atom. The van der Waals surface area contributed by atoms with Gasteiger partial charge in [-0.3, -0.25) is 28.8 Å². The Morgan fingerprint density at radius 2 is 0.344 bits per heavy atom. The number of carbonyl (C=O) groups is 6. The smallest absolute Gasteiger partial charge is 0.308 e. The van der Waals surface area contributed by atoms with Crippen LogP contribution < -0.4 is 0 Å². The van der Waals surface area contributed by atoms with Gasteiger partial charge in [0.15, 0.2) is 0 Å². The molecule has 0 spiro atoms. The summed E-state index contributed by atoms with van der Waals surface area (Å²) in [6.45, 7) is 28.3. The molecule has 1 N–H and O–H groups in total. The molecule has 0 aliphatic rings. The third-order valence-electron chi connectivity index (χ3n) is 25.4. The van der Waals surface area contributed by atoms with E-state index in [1.165, 1.54) is 205 Å². The van der Waals surface area contributed by atoms with Gasteiger partial charge in [0.1, 0.15) is 0 Å². The second-order valence-electron chi connectivity index (χ2n) is 37.0. The average Bonchev–Trinajstić information content (AvgIpc) is 0.914. The molecular formula is C106H205N3O13. The standard InChI is InChI=1S/C106H205N3O13/c1-9-17-25-33-37-53-75-97(71-49-29-21-13-5)103(113)119-93-65-45-41-57-81-107(82-58-42-46-66-94-120-104(114)98(72-50-30-22-14-6)76-54-38-34-26-18-10-2)86-62-69-91-117-101(111)79-88-109(85-61-64-90-110)89-80-102(112)118-92-70-63-87-108(83-59-43-47-67-95-121-105(115)99(73-51-31-23-15-7)77-55-39-35-27-19-11-3)84-60-44-48-68-96-122-106(116)100(74-52-32-24-16-8)78-56-40-36-28-20-12-4/h97-100,110H,9-96H2,1-8H3. The average molecular weight is 1730 g/mol. The Kier molecular flexibility index (Phi) is 92.6. The van der Waals surface area contributed by atoms with E-state index in [-0.39, 0.29) is 78.9 Å². The summed E-state index contributed by atoms with van der Waals surface area (Å²) in [5.74, 6) is -0.258. The summed E-state index contributed by atoms with van der Waals surface area (Å²) in [7, 11) is 0. The molecule has 0 bridgehead atoms. The fraction of sp³-hybridized carbons (Fsp3) is 0.943. The van der Waals surface area contributed by atoms with Crippen LogP contribution in [0.1, 0.15) is 518 Å². The molecule has 0 heterocycles. The molecular weight excluding hydrogens is 1520 g/mol. The molecule has 4 unspecified atom stereocenters. The van der Waals surface area contributed by atoms with Crippen molar-refractivity contribution in [3.63, 3.8) is 0 Å². The lowest BCUT2D eigenvalue weighted by Crippen LogP contribution is -2.31. The van der Waals surface area contributed by atoms with Crippen LogP contribution in [0.5, 0.6) is 0 Å². The number of hydrogen-bond donors (Lipinski definition) is 1. The van der Waals surface area contributed by atoms with Gasteiger partial charge in [0.2, 0.25) is 0 Å². The summed E-state index contributed by atoms with van der Waals surface area (Å²) in [6.07, 6.45) is 77.8. The van der Waals surface area contributed by atoms with Crippen molar-refractivity contribution < 1.29 is 62.3 Å². The normalized spacial score (nSPS) is 12.7. The third kappa shape index (κ3) is 80.0. The number of aliphatic hydroxyl groups is 1. The summed E-state index contributed by atoms with van der Waals surface area (Å²) in [4.78, 5) is 87.3. The molecule has 16 heteroatoms. The van der Waals surface area contributed by atoms with Gasteiger partial charge in [-0.05, 0) is 187 Å².